The number of rotatable bonds is 2. The molecule has 2 nitrogen and oxygen atoms in total. The molecule has 1 amide bonds. The maximum Gasteiger partial charge on any atom is 0.231 e. The van der Waals surface area contributed by atoms with Crippen molar-refractivity contribution in [2.24, 2.45) is 0 Å². The lowest BCUT2D eigenvalue weighted by atomic mass is 10.1. The van der Waals surface area contributed by atoms with Gasteiger partial charge in [-0.15, -0.1) is 0 Å². The number of hydrogen-bond acceptors (Lipinski definition) is 1. The third kappa shape index (κ3) is 1.89. The van der Waals surface area contributed by atoms with Crippen LogP contribution in [0.25, 0.3) is 0 Å². The number of amides is 1. The minimum Gasteiger partial charge on any atom is -0.315 e. The molecule has 70 valence electrons. The predicted octanol–water partition coefficient (Wildman–Crippen LogP) is 2.25. The molecule has 0 aromatic rings. The minimum absolute atomic E-state index is 0.168. The third-order valence-corrected chi connectivity index (χ3v) is 2.10. The average Bonchev–Trinajstić information content (AvgIpc) is 2.34. The maximum absolute atomic E-state index is 11.4. The summed E-state index contributed by atoms with van der Waals surface area (Å²) in [4.78, 5) is 13.1. The summed E-state index contributed by atoms with van der Waals surface area (Å²) in [6, 6.07) is 0. The van der Waals surface area contributed by atoms with Gasteiger partial charge in [-0.2, -0.15) is 0 Å². The summed E-state index contributed by atoms with van der Waals surface area (Å²) in [5.74, 6) is 0.168. The van der Waals surface area contributed by atoms with E-state index in [-0.39, 0.29) is 5.91 Å². The first-order valence-electron chi connectivity index (χ1n) is 4.45. The summed E-state index contributed by atoms with van der Waals surface area (Å²) < 4.78 is 0. The Morgan fingerprint density at radius 1 is 1.23 bits per heavy atom. The van der Waals surface area contributed by atoms with Gasteiger partial charge in [0, 0.05) is 12.7 Å². The lowest BCUT2D eigenvalue weighted by Crippen LogP contribution is -2.18. The van der Waals surface area contributed by atoms with E-state index in [1.165, 1.54) is 0 Å². The molecule has 0 aliphatic carbocycles. The van der Waals surface area contributed by atoms with E-state index >= 15 is 0 Å². The number of allylic oxidation sites excluding steroid dienone is 4. The van der Waals surface area contributed by atoms with E-state index in [1.807, 2.05) is 45.2 Å². The molecule has 1 aliphatic rings. The molecule has 2 heteroatoms. The Bertz CT molecular complexity index is 297. The molecule has 0 atom stereocenters. The second-order valence-electron chi connectivity index (χ2n) is 3.04. The topological polar surface area (TPSA) is 20.3 Å². The highest BCUT2D eigenvalue weighted by Gasteiger charge is 2.23. The van der Waals surface area contributed by atoms with E-state index in [0.29, 0.717) is 6.42 Å². The number of carbonyl (C=O) groups excluding carboxylic acids is 1. The van der Waals surface area contributed by atoms with E-state index in [1.54, 1.807) is 4.90 Å². The highest BCUT2D eigenvalue weighted by molar-refractivity contribution is 5.85. The van der Waals surface area contributed by atoms with Crippen LogP contribution in [0.3, 0.4) is 0 Å². The van der Waals surface area contributed by atoms with Gasteiger partial charge in [0.25, 0.3) is 0 Å². The van der Waals surface area contributed by atoms with Crippen molar-refractivity contribution >= 4 is 5.91 Å². The van der Waals surface area contributed by atoms with Crippen molar-refractivity contribution < 1.29 is 4.79 Å². The van der Waals surface area contributed by atoms with Crippen molar-refractivity contribution in [2.75, 3.05) is 7.05 Å². The molecule has 0 aromatic carbocycles. The molecule has 0 spiro atoms. The van der Waals surface area contributed by atoms with Crippen molar-refractivity contribution in [1.29, 1.82) is 0 Å². The zero-order valence-electron chi connectivity index (χ0n) is 8.37. The van der Waals surface area contributed by atoms with E-state index < -0.39 is 0 Å². The Hall–Kier alpha value is -1.31. The molecule has 1 heterocycles. The number of nitrogens with zero attached hydrogens (tertiary/aromatic N) is 1. The molecule has 1 rings (SSSR count). The van der Waals surface area contributed by atoms with Crippen molar-refractivity contribution in [1.82, 2.24) is 4.90 Å². The van der Waals surface area contributed by atoms with E-state index in [0.717, 1.165) is 11.3 Å². The summed E-state index contributed by atoms with van der Waals surface area (Å²) in [6.07, 6.45) is 8.41. The second-order valence-corrected chi connectivity index (χ2v) is 3.04. The van der Waals surface area contributed by atoms with Gasteiger partial charge in [-0.25, -0.2) is 0 Å². The van der Waals surface area contributed by atoms with E-state index in [9.17, 15) is 4.79 Å². The monoisotopic (exact) mass is 177 g/mol. The molecule has 0 saturated heterocycles. The van der Waals surface area contributed by atoms with Gasteiger partial charge in [-0.05, 0) is 25.5 Å². The van der Waals surface area contributed by atoms with Gasteiger partial charge in [0.15, 0.2) is 0 Å². The molecular weight excluding hydrogens is 162 g/mol. The Labute approximate surface area is 79.2 Å². The second kappa shape index (κ2) is 4.08. The normalized spacial score (nSPS) is 18.7. The van der Waals surface area contributed by atoms with E-state index in [4.69, 9.17) is 0 Å². The molecule has 0 fully saturated rings. The fraction of sp³-hybridized carbons (Fsp3) is 0.364. The summed E-state index contributed by atoms with van der Waals surface area (Å²) in [5, 5.41) is 0. The lowest BCUT2D eigenvalue weighted by Gasteiger charge is -2.10. The number of carbonyl (C=O) groups is 1. The largest absolute Gasteiger partial charge is 0.315 e. The van der Waals surface area contributed by atoms with Crippen LogP contribution in [-0.4, -0.2) is 17.9 Å². The number of likely N-dealkylation sites (N-methyl/N-ethyl adjacent to an activating group) is 1. The fourth-order valence-electron chi connectivity index (χ4n) is 1.44. The van der Waals surface area contributed by atoms with Crippen molar-refractivity contribution in [2.45, 2.75) is 20.3 Å². The Balaban J connectivity index is 3.02. The van der Waals surface area contributed by atoms with Gasteiger partial charge in [-0.1, -0.05) is 18.2 Å². The average molecular weight is 177 g/mol. The summed E-state index contributed by atoms with van der Waals surface area (Å²) >= 11 is 0. The highest BCUT2D eigenvalue weighted by Crippen LogP contribution is 2.24. The SMILES string of the molecule is C/C=C\C1=C(/C=C\C)N(C)C(=O)C1. The highest BCUT2D eigenvalue weighted by atomic mass is 16.2. The van der Waals surface area contributed by atoms with Gasteiger partial charge >= 0.3 is 0 Å². The first-order chi connectivity index (χ1) is 6.20. The molecule has 0 radical (unpaired) electrons. The van der Waals surface area contributed by atoms with Gasteiger partial charge in [0.1, 0.15) is 0 Å². The van der Waals surface area contributed by atoms with Crippen LogP contribution < -0.4 is 0 Å². The van der Waals surface area contributed by atoms with Crippen LogP contribution in [0.15, 0.2) is 35.6 Å². The molecule has 0 bridgehead atoms. The van der Waals surface area contributed by atoms with Crippen LogP contribution in [0.2, 0.25) is 0 Å². The van der Waals surface area contributed by atoms with Crippen LogP contribution in [-0.2, 0) is 4.79 Å². The molecule has 0 N–H and O–H groups in total. The molecule has 13 heavy (non-hydrogen) atoms. The van der Waals surface area contributed by atoms with Crippen LogP contribution in [0, 0.1) is 0 Å². The Kier molecular flexibility index (Phi) is 3.07. The number of hydrogen-bond donors (Lipinski definition) is 0. The lowest BCUT2D eigenvalue weighted by molar-refractivity contribution is -0.125. The minimum atomic E-state index is 0.168. The zero-order valence-corrected chi connectivity index (χ0v) is 8.37. The summed E-state index contributed by atoms with van der Waals surface area (Å²) in [7, 11) is 1.81. The summed E-state index contributed by atoms with van der Waals surface area (Å²) in [6.45, 7) is 3.92. The van der Waals surface area contributed by atoms with Crippen molar-refractivity contribution in [3.63, 3.8) is 0 Å². The Morgan fingerprint density at radius 3 is 2.38 bits per heavy atom. The molecule has 1 aliphatic heterocycles. The predicted molar refractivity (Wildman–Crippen MR) is 54.0 cm³/mol. The maximum atomic E-state index is 11.4. The van der Waals surface area contributed by atoms with Gasteiger partial charge in [0.05, 0.1) is 6.42 Å². The third-order valence-electron chi connectivity index (χ3n) is 2.10. The molecule has 0 saturated carbocycles. The quantitative estimate of drug-likeness (QED) is 0.633. The van der Waals surface area contributed by atoms with Crippen LogP contribution in [0.1, 0.15) is 20.3 Å². The van der Waals surface area contributed by atoms with Crippen LogP contribution in [0.5, 0.6) is 0 Å². The smallest absolute Gasteiger partial charge is 0.231 e. The zero-order chi connectivity index (χ0) is 9.84. The van der Waals surface area contributed by atoms with Crippen molar-refractivity contribution in [3.8, 4) is 0 Å². The first-order valence-corrected chi connectivity index (χ1v) is 4.45. The van der Waals surface area contributed by atoms with Crippen LogP contribution >= 0.6 is 0 Å². The van der Waals surface area contributed by atoms with Crippen LogP contribution in [0.4, 0.5) is 0 Å². The van der Waals surface area contributed by atoms with Gasteiger partial charge in [-0.3, -0.25) is 4.79 Å². The fourth-order valence-corrected chi connectivity index (χ4v) is 1.44. The standard InChI is InChI=1S/C11H15NO/c1-4-6-9-8-11(13)12(3)10(9)7-5-2/h4-7H,8H2,1-3H3/b6-4-,7-5-. The molecular formula is C11H15NO. The molecule has 0 unspecified atom stereocenters. The van der Waals surface area contributed by atoms with Gasteiger partial charge in [0.2, 0.25) is 5.91 Å². The van der Waals surface area contributed by atoms with Crippen molar-refractivity contribution in [3.05, 3.63) is 35.6 Å². The van der Waals surface area contributed by atoms with Gasteiger partial charge < -0.3 is 4.90 Å². The molecule has 0 aromatic heterocycles. The van der Waals surface area contributed by atoms with E-state index in [2.05, 4.69) is 0 Å². The Morgan fingerprint density at radius 2 is 1.85 bits per heavy atom. The summed E-state index contributed by atoms with van der Waals surface area (Å²) in [5.41, 5.74) is 2.12. The first kappa shape index (κ1) is 9.78.